The normalized spacial score (nSPS) is 26.2. The lowest BCUT2D eigenvalue weighted by atomic mass is 9.91. The average molecular weight is 239 g/mol. The van der Waals surface area contributed by atoms with Crippen LogP contribution in [-0.4, -0.2) is 24.3 Å². The SMILES string of the molecule is C1CC2COC(C1)C2.CCCOc1cocn1. The number of ether oxygens (including phenoxy) is 2. The second-order valence-electron chi connectivity index (χ2n) is 4.66. The van der Waals surface area contributed by atoms with Crippen molar-refractivity contribution in [1.29, 1.82) is 0 Å². The van der Waals surface area contributed by atoms with Crippen molar-refractivity contribution in [3.05, 3.63) is 12.7 Å². The van der Waals surface area contributed by atoms with Crippen LogP contribution in [0.3, 0.4) is 0 Å². The molecule has 2 atom stereocenters. The van der Waals surface area contributed by atoms with Crippen molar-refractivity contribution in [1.82, 2.24) is 4.98 Å². The van der Waals surface area contributed by atoms with Crippen molar-refractivity contribution >= 4 is 0 Å². The molecule has 0 spiro atoms. The molecule has 96 valence electrons. The third-order valence-corrected chi connectivity index (χ3v) is 3.17. The number of hydrogen-bond donors (Lipinski definition) is 0. The molecule has 4 nitrogen and oxygen atoms in total. The second-order valence-corrected chi connectivity index (χ2v) is 4.66. The Labute approximate surface area is 102 Å². The summed E-state index contributed by atoms with van der Waals surface area (Å²) in [5, 5.41) is 0. The van der Waals surface area contributed by atoms with Gasteiger partial charge in [0.25, 0.3) is 5.88 Å². The van der Waals surface area contributed by atoms with E-state index in [4.69, 9.17) is 9.47 Å². The number of oxazole rings is 1. The quantitative estimate of drug-likeness (QED) is 0.813. The van der Waals surface area contributed by atoms with Crippen LogP contribution < -0.4 is 4.74 Å². The maximum atomic E-state index is 5.48. The van der Waals surface area contributed by atoms with E-state index < -0.39 is 0 Å². The highest BCUT2D eigenvalue weighted by Crippen LogP contribution is 2.32. The molecule has 0 N–H and O–H groups in total. The van der Waals surface area contributed by atoms with Gasteiger partial charge in [-0.2, -0.15) is 4.98 Å². The summed E-state index contributed by atoms with van der Waals surface area (Å²) in [5.74, 6) is 1.51. The van der Waals surface area contributed by atoms with Gasteiger partial charge in [-0.1, -0.05) is 13.3 Å². The maximum absolute atomic E-state index is 5.48. The first-order chi connectivity index (χ1) is 8.38. The summed E-state index contributed by atoms with van der Waals surface area (Å²) in [6.45, 7) is 3.80. The average Bonchev–Trinajstić information content (AvgIpc) is 2.98. The van der Waals surface area contributed by atoms with Crippen LogP contribution in [0, 0.1) is 5.92 Å². The van der Waals surface area contributed by atoms with Gasteiger partial charge in [0.05, 0.1) is 12.7 Å². The topological polar surface area (TPSA) is 44.5 Å². The first kappa shape index (κ1) is 12.4. The van der Waals surface area contributed by atoms with Gasteiger partial charge in [0.1, 0.15) is 0 Å². The summed E-state index contributed by atoms with van der Waals surface area (Å²) in [4.78, 5) is 3.76. The lowest BCUT2D eigenvalue weighted by Crippen LogP contribution is -2.09. The van der Waals surface area contributed by atoms with Crippen molar-refractivity contribution in [2.24, 2.45) is 5.92 Å². The highest BCUT2D eigenvalue weighted by Gasteiger charge is 2.28. The maximum Gasteiger partial charge on any atom is 0.252 e. The molecule has 2 bridgehead atoms. The van der Waals surface area contributed by atoms with Gasteiger partial charge in [0, 0.05) is 6.61 Å². The molecule has 3 rings (SSSR count). The minimum Gasteiger partial charge on any atom is -0.475 e. The summed E-state index contributed by atoms with van der Waals surface area (Å²) in [7, 11) is 0. The molecular weight excluding hydrogens is 218 g/mol. The third-order valence-electron chi connectivity index (χ3n) is 3.17. The predicted molar refractivity (Wildman–Crippen MR) is 64.0 cm³/mol. The van der Waals surface area contributed by atoms with Gasteiger partial charge >= 0.3 is 0 Å². The van der Waals surface area contributed by atoms with Crippen LogP contribution in [-0.2, 0) is 4.74 Å². The fourth-order valence-corrected chi connectivity index (χ4v) is 2.30. The van der Waals surface area contributed by atoms with E-state index >= 15 is 0 Å². The Kier molecular flexibility index (Phi) is 4.86. The number of aromatic nitrogens is 1. The summed E-state index contributed by atoms with van der Waals surface area (Å²) in [5.41, 5.74) is 0. The van der Waals surface area contributed by atoms with E-state index in [0.717, 1.165) is 18.9 Å². The van der Waals surface area contributed by atoms with Gasteiger partial charge in [-0.05, 0) is 31.6 Å². The number of fused-ring (bicyclic) bond motifs is 2. The van der Waals surface area contributed by atoms with E-state index in [2.05, 4.69) is 9.40 Å². The Morgan fingerprint density at radius 2 is 2.41 bits per heavy atom. The van der Waals surface area contributed by atoms with E-state index in [-0.39, 0.29) is 0 Å². The van der Waals surface area contributed by atoms with Crippen LogP contribution in [0.2, 0.25) is 0 Å². The molecule has 2 unspecified atom stereocenters. The Balaban J connectivity index is 0.000000127. The first-order valence-electron chi connectivity index (χ1n) is 6.51. The Bertz CT molecular complexity index is 286. The van der Waals surface area contributed by atoms with Crippen molar-refractivity contribution in [3.63, 3.8) is 0 Å². The van der Waals surface area contributed by atoms with E-state index in [0.29, 0.717) is 18.6 Å². The number of nitrogens with zero attached hydrogens (tertiary/aromatic N) is 1. The van der Waals surface area contributed by atoms with E-state index in [9.17, 15) is 0 Å². The lowest BCUT2D eigenvalue weighted by molar-refractivity contribution is 0.107. The zero-order chi connectivity index (χ0) is 11.9. The fraction of sp³-hybridized carbons (Fsp3) is 0.769. The minimum atomic E-state index is 0.567. The van der Waals surface area contributed by atoms with Crippen LogP contribution >= 0.6 is 0 Å². The van der Waals surface area contributed by atoms with Gasteiger partial charge < -0.3 is 13.9 Å². The van der Waals surface area contributed by atoms with Gasteiger partial charge in [0.2, 0.25) is 0 Å². The molecule has 2 fully saturated rings. The predicted octanol–water partition coefficient (Wildman–Crippen LogP) is 3.04. The molecule has 1 aromatic heterocycles. The molecule has 17 heavy (non-hydrogen) atoms. The Morgan fingerprint density at radius 1 is 1.47 bits per heavy atom. The summed E-state index contributed by atoms with van der Waals surface area (Å²) in [6.07, 6.45) is 10.0. The van der Waals surface area contributed by atoms with Crippen molar-refractivity contribution < 1.29 is 13.9 Å². The van der Waals surface area contributed by atoms with Crippen molar-refractivity contribution in [3.8, 4) is 5.88 Å². The Hall–Kier alpha value is -1.03. The summed E-state index contributed by atoms with van der Waals surface area (Å²) < 4.78 is 15.2. The van der Waals surface area contributed by atoms with E-state index in [1.807, 2.05) is 6.92 Å². The van der Waals surface area contributed by atoms with Crippen molar-refractivity contribution in [2.45, 2.75) is 45.1 Å². The Morgan fingerprint density at radius 3 is 3.06 bits per heavy atom. The first-order valence-corrected chi connectivity index (χ1v) is 6.51. The lowest BCUT2D eigenvalue weighted by Gasteiger charge is -2.14. The molecule has 0 amide bonds. The van der Waals surface area contributed by atoms with Crippen LogP contribution in [0.15, 0.2) is 17.1 Å². The molecule has 2 aliphatic rings. The zero-order valence-electron chi connectivity index (χ0n) is 10.4. The zero-order valence-corrected chi connectivity index (χ0v) is 10.4. The molecular formula is C13H21NO3. The molecule has 1 saturated carbocycles. The molecule has 1 aliphatic carbocycles. The van der Waals surface area contributed by atoms with Gasteiger partial charge in [0.15, 0.2) is 12.7 Å². The minimum absolute atomic E-state index is 0.567. The summed E-state index contributed by atoms with van der Waals surface area (Å²) >= 11 is 0. The molecule has 1 aromatic rings. The van der Waals surface area contributed by atoms with Gasteiger partial charge in [-0.3, -0.25) is 0 Å². The molecule has 4 heteroatoms. The van der Waals surface area contributed by atoms with Crippen LogP contribution in [0.1, 0.15) is 39.0 Å². The third kappa shape index (κ3) is 4.04. The fourth-order valence-electron chi connectivity index (χ4n) is 2.30. The van der Waals surface area contributed by atoms with E-state index in [1.165, 1.54) is 38.3 Å². The van der Waals surface area contributed by atoms with Crippen LogP contribution in [0.25, 0.3) is 0 Å². The van der Waals surface area contributed by atoms with Gasteiger partial charge in [-0.25, -0.2) is 0 Å². The van der Waals surface area contributed by atoms with E-state index in [1.54, 1.807) is 0 Å². The van der Waals surface area contributed by atoms with Crippen LogP contribution in [0.5, 0.6) is 5.88 Å². The monoisotopic (exact) mass is 239 g/mol. The molecule has 0 radical (unpaired) electrons. The molecule has 2 heterocycles. The molecule has 1 saturated heterocycles. The highest BCUT2D eigenvalue weighted by molar-refractivity contribution is 4.97. The smallest absolute Gasteiger partial charge is 0.252 e. The van der Waals surface area contributed by atoms with Crippen molar-refractivity contribution in [2.75, 3.05) is 13.2 Å². The standard InChI is InChI=1S/C7H12O.C6H9NO2/c1-2-6-4-7(3-1)8-5-6;1-2-3-9-6-4-8-5-7-6/h6-7H,1-5H2;4-5H,2-3H2,1H3. The second kappa shape index (κ2) is 6.64. The number of rotatable bonds is 3. The number of hydrogen-bond acceptors (Lipinski definition) is 4. The molecule has 1 aliphatic heterocycles. The summed E-state index contributed by atoms with van der Waals surface area (Å²) in [6, 6.07) is 0. The van der Waals surface area contributed by atoms with Gasteiger partial charge in [-0.15, -0.1) is 0 Å². The van der Waals surface area contributed by atoms with Crippen LogP contribution in [0.4, 0.5) is 0 Å². The highest BCUT2D eigenvalue weighted by atomic mass is 16.5. The largest absolute Gasteiger partial charge is 0.475 e. The molecule has 0 aromatic carbocycles.